The summed E-state index contributed by atoms with van der Waals surface area (Å²) in [5, 5.41) is 12.3. The van der Waals surface area contributed by atoms with Gasteiger partial charge in [0, 0.05) is 11.3 Å². The molecule has 140 valence electrons. The maximum Gasteiger partial charge on any atom is 0.210 e. The molecule has 1 N–H and O–H groups in total. The monoisotopic (exact) mass is 399 g/mol. The lowest BCUT2D eigenvalue weighted by molar-refractivity contribution is 0.102. The van der Waals surface area contributed by atoms with Crippen molar-refractivity contribution in [3.63, 3.8) is 0 Å². The van der Waals surface area contributed by atoms with E-state index in [1.165, 1.54) is 28.7 Å². The Morgan fingerprint density at radius 1 is 1.07 bits per heavy atom. The standard InChI is InChI=1S/C20H21N3O2S2/c1-3-14-5-9-16(10-6-14)21-19-22-23-20(27-19)26-13-18(24)15-7-11-17(12-8-15)25-4-2/h5-12H,3-4,13H2,1-2H3,(H,21,22). The van der Waals surface area contributed by atoms with Gasteiger partial charge in [0.1, 0.15) is 5.75 Å². The van der Waals surface area contributed by atoms with E-state index in [1.807, 2.05) is 31.2 Å². The summed E-state index contributed by atoms with van der Waals surface area (Å²) in [4.78, 5) is 12.3. The zero-order chi connectivity index (χ0) is 19.1. The van der Waals surface area contributed by atoms with Crippen molar-refractivity contribution in [2.24, 2.45) is 0 Å². The number of anilines is 2. The van der Waals surface area contributed by atoms with Gasteiger partial charge in [-0.15, -0.1) is 10.2 Å². The lowest BCUT2D eigenvalue weighted by Gasteiger charge is -2.04. The highest BCUT2D eigenvalue weighted by Crippen LogP contribution is 2.28. The second-order valence-corrected chi connectivity index (χ2v) is 7.92. The first kappa shape index (κ1) is 19.4. The molecular weight excluding hydrogens is 378 g/mol. The number of hydrogen-bond donors (Lipinski definition) is 1. The summed E-state index contributed by atoms with van der Waals surface area (Å²) in [6, 6.07) is 15.5. The third-order valence-electron chi connectivity index (χ3n) is 3.83. The fourth-order valence-corrected chi connectivity index (χ4v) is 4.05. The van der Waals surface area contributed by atoms with Gasteiger partial charge in [0.25, 0.3) is 0 Å². The summed E-state index contributed by atoms with van der Waals surface area (Å²) < 4.78 is 6.16. The van der Waals surface area contributed by atoms with Gasteiger partial charge in [0.15, 0.2) is 10.1 Å². The predicted octanol–water partition coefficient (Wildman–Crippen LogP) is 5.22. The predicted molar refractivity (Wildman–Crippen MR) is 112 cm³/mol. The summed E-state index contributed by atoms with van der Waals surface area (Å²) in [5.74, 6) is 1.16. The SMILES string of the molecule is CCOc1ccc(C(=O)CSc2nnc(Nc3ccc(CC)cc3)s2)cc1. The van der Waals surface area contributed by atoms with Crippen molar-refractivity contribution in [1.82, 2.24) is 10.2 Å². The molecule has 0 bridgehead atoms. The topological polar surface area (TPSA) is 64.1 Å². The summed E-state index contributed by atoms with van der Waals surface area (Å²) in [7, 11) is 0. The number of thioether (sulfide) groups is 1. The van der Waals surface area contributed by atoms with Crippen LogP contribution in [0.15, 0.2) is 52.9 Å². The first-order valence-electron chi connectivity index (χ1n) is 8.76. The molecule has 3 aromatic rings. The van der Waals surface area contributed by atoms with Gasteiger partial charge in [0.05, 0.1) is 12.4 Å². The van der Waals surface area contributed by atoms with Gasteiger partial charge in [-0.3, -0.25) is 4.79 Å². The first-order valence-corrected chi connectivity index (χ1v) is 10.6. The van der Waals surface area contributed by atoms with Crippen LogP contribution in [0.4, 0.5) is 10.8 Å². The molecule has 0 radical (unpaired) electrons. The maximum absolute atomic E-state index is 12.3. The molecule has 0 saturated heterocycles. The molecule has 0 aliphatic rings. The smallest absolute Gasteiger partial charge is 0.210 e. The minimum absolute atomic E-state index is 0.0583. The molecule has 0 spiro atoms. The number of aromatic nitrogens is 2. The van der Waals surface area contributed by atoms with Crippen LogP contribution in [0.3, 0.4) is 0 Å². The van der Waals surface area contributed by atoms with Crippen molar-refractivity contribution < 1.29 is 9.53 Å². The zero-order valence-corrected chi connectivity index (χ0v) is 16.9. The lowest BCUT2D eigenvalue weighted by Crippen LogP contribution is -2.02. The van der Waals surface area contributed by atoms with Gasteiger partial charge in [-0.2, -0.15) is 0 Å². The molecule has 1 aromatic heterocycles. The zero-order valence-electron chi connectivity index (χ0n) is 15.3. The third kappa shape index (κ3) is 5.55. The van der Waals surface area contributed by atoms with Crippen molar-refractivity contribution in [2.45, 2.75) is 24.6 Å². The highest BCUT2D eigenvalue weighted by molar-refractivity contribution is 8.01. The molecule has 0 saturated carbocycles. The molecule has 2 aromatic carbocycles. The summed E-state index contributed by atoms with van der Waals surface area (Å²) >= 11 is 2.84. The van der Waals surface area contributed by atoms with Gasteiger partial charge in [0.2, 0.25) is 5.13 Å². The van der Waals surface area contributed by atoms with E-state index in [1.54, 1.807) is 12.1 Å². The van der Waals surface area contributed by atoms with E-state index in [-0.39, 0.29) is 5.78 Å². The highest BCUT2D eigenvalue weighted by atomic mass is 32.2. The quantitative estimate of drug-likeness (QED) is 0.393. The van der Waals surface area contributed by atoms with Gasteiger partial charge < -0.3 is 10.1 Å². The average molecular weight is 400 g/mol. The second kappa shape index (κ2) is 9.53. The van der Waals surface area contributed by atoms with Crippen LogP contribution < -0.4 is 10.1 Å². The number of aryl methyl sites for hydroxylation is 1. The number of ketones is 1. The van der Waals surface area contributed by atoms with Crippen molar-refractivity contribution in [1.29, 1.82) is 0 Å². The van der Waals surface area contributed by atoms with Crippen LogP contribution >= 0.6 is 23.1 Å². The van der Waals surface area contributed by atoms with E-state index >= 15 is 0 Å². The first-order chi connectivity index (χ1) is 13.2. The van der Waals surface area contributed by atoms with E-state index in [0.29, 0.717) is 17.9 Å². The number of ether oxygens (including phenoxy) is 1. The molecule has 0 unspecified atom stereocenters. The van der Waals surface area contributed by atoms with Gasteiger partial charge >= 0.3 is 0 Å². The normalized spacial score (nSPS) is 10.6. The number of carbonyl (C=O) groups is 1. The van der Waals surface area contributed by atoms with Crippen LogP contribution in [-0.2, 0) is 6.42 Å². The van der Waals surface area contributed by atoms with Crippen LogP contribution in [0.5, 0.6) is 5.75 Å². The van der Waals surface area contributed by atoms with Crippen LogP contribution in [0.2, 0.25) is 0 Å². The van der Waals surface area contributed by atoms with E-state index in [0.717, 1.165) is 27.3 Å². The Kier molecular flexibility index (Phi) is 6.84. The molecule has 3 rings (SSSR count). The summed E-state index contributed by atoms with van der Waals surface area (Å²) in [5.41, 5.74) is 2.94. The number of carbonyl (C=O) groups excluding carboxylic acids is 1. The van der Waals surface area contributed by atoms with Crippen molar-refractivity contribution >= 4 is 39.7 Å². The largest absolute Gasteiger partial charge is 0.494 e. The van der Waals surface area contributed by atoms with Crippen molar-refractivity contribution in [3.8, 4) is 5.75 Å². The van der Waals surface area contributed by atoms with Gasteiger partial charge in [-0.1, -0.05) is 42.2 Å². The molecule has 27 heavy (non-hydrogen) atoms. The highest BCUT2D eigenvalue weighted by Gasteiger charge is 2.10. The van der Waals surface area contributed by atoms with Crippen LogP contribution in [0.1, 0.15) is 29.8 Å². The van der Waals surface area contributed by atoms with E-state index in [2.05, 4.69) is 34.6 Å². The molecule has 7 heteroatoms. The molecule has 0 amide bonds. The number of nitrogens with zero attached hydrogens (tertiary/aromatic N) is 2. The van der Waals surface area contributed by atoms with Crippen molar-refractivity contribution in [2.75, 3.05) is 17.7 Å². The van der Waals surface area contributed by atoms with Crippen molar-refractivity contribution in [3.05, 3.63) is 59.7 Å². The third-order valence-corrected chi connectivity index (χ3v) is 5.81. The lowest BCUT2D eigenvalue weighted by atomic mass is 10.1. The van der Waals surface area contributed by atoms with Gasteiger partial charge in [-0.25, -0.2) is 0 Å². The number of nitrogens with one attached hydrogen (secondary N) is 1. The maximum atomic E-state index is 12.3. The van der Waals surface area contributed by atoms with E-state index in [4.69, 9.17) is 4.74 Å². The molecule has 5 nitrogen and oxygen atoms in total. The van der Waals surface area contributed by atoms with E-state index in [9.17, 15) is 4.79 Å². The van der Waals surface area contributed by atoms with Gasteiger partial charge in [-0.05, 0) is 55.3 Å². The molecule has 0 aliphatic heterocycles. The number of benzene rings is 2. The average Bonchev–Trinajstić information content (AvgIpc) is 3.15. The molecule has 0 atom stereocenters. The Morgan fingerprint density at radius 3 is 2.48 bits per heavy atom. The minimum Gasteiger partial charge on any atom is -0.494 e. The number of rotatable bonds is 9. The number of hydrogen-bond acceptors (Lipinski definition) is 7. The van der Waals surface area contributed by atoms with E-state index < -0.39 is 0 Å². The fourth-order valence-electron chi connectivity index (χ4n) is 2.38. The minimum atomic E-state index is 0.0583. The Hall–Kier alpha value is -2.38. The fraction of sp³-hybridized carbons (Fsp3) is 0.250. The number of Topliss-reactive ketones (excluding diaryl/α,β-unsaturated/α-hetero) is 1. The molecular formula is C20H21N3O2S2. The van der Waals surface area contributed by atoms with Crippen LogP contribution in [0.25, 0.3) is 0 Å². The Labute approximate surface area is 167 Å². The Balaban J connectivity index is 1.53. The Morgan fingerprint density at radius 2 is 1.81 bits per heavy atom. The molecule has 0 fully saturated rings. The Bertz CT molecular complexity index is 877. The second-order valence-electron chi connectivity index (χ2n) is 5.72. The summed E-state index contributed by atoms with van der Waals surface area (Å²) in [6.45, 7) is 4.67. The van der Waals surface area contributed by atoms with Crippen LogP contribution in [0, 0.1) is 0 Å². The van der Waals surface area contributed by atoms with Crippen LogP contribution in [-0.4, -0.2) is 28.3 Å². The molecule has 1 heterocycles. The molecule has 0 aliphatic carbocycles. The summed E-state index contributed by atoms with van der Waals surface area (Å²) in [6.07, 6.45) is 1.02.